The van der Waals surface area contributed by atoms with Crippen LogP contribution in [0.2, 0.25) is 10.0 Å². The largest absolute Gasteiger partial charge is 0.508 e. The highest BCUT2D eigenvalue weighted by atomic mass is 35.5. The molecule has 0 heterocycles. The summed E-state index contributed by atoms with van der Waals surface area (Å²) in [6.07, 6.45) is 0. The number of carbonyl (C=O) groups is 2. The van der Waals surface area contributed by atoms with Gasteiger partial charge in [-0.05, 0) is 30.3 Å². The molecule has 1 amide bonds. The number of aromatic hydroxyl groups is 2. The predicted molar refractivity (Wildman–Crippen MR) is 85.1 cm³/mol. The third-order valence-electron chi connectivity index (χ3n) is 2.68. The molecule has 6 nitrogen and oxygen atoms in total. The van der Waals surface area contributed by atoms with Crippen LogP contribution in [0.15, 0.2) is 36.4 Å². The van der Waals surface area contributed by atoms with Crippen molar-refractivity contribution in [3.8, 4) is 11.5 Å². The first-order valence-corrected chi connectivity index (χ1v) is 7.06. The molecule has 0 unspecified atom stereocenters. The molecule has 2 rings (SSSR count). The van der Waals surface area contributed by atoms with Crippen LogP contribution in [0, 0.1) is 0 Å². The average molecular weight is 356 g/mol. The quantitative estimate of drug-likeness (QED) is 0.731. The number of rotatable bonds is 4. The molecule has 0 aliphatic rings. The smallest absolute Gasteiger partial charge is 0.342 e. The zero-order valence-electron chi connectivity index (χ0n) is 11.5. The highest BCUT2D eigenvalue weighted by Gasteiger charge is 2.15. The van der Waals surface area contributed by atoms with Crippen LogP contribution in [-0.4, -0.2) is 28.7 Å². The molecule has 0 atom stereocenters. The molecule has 0 aliphatic heterocycles. The van der Waals surface area contributed by atoms with E-state index in [4.69, 9.17) is 33.0 Å². The van der Waals surface area contributed by atoms with Crippen molar-refractivity contribution in [3.63, 3.8) is 0 Å². The molecule has 2 aromatic carbocycles. The van der Waals surface area contributed by atoms with E-state index in [2.05, 4.69) is 5.32 Å². The van der Waals surface area contributed by atoms with E-state index in [0.29, 0.717) is 15.7 Å². The second kappa shape index (κ2) is 7.21. The van der Waals surface area contributed by atoms with Gasteiger partial charge < -0.3 is 20.3 Å². The topological polar surface area (TPSA) is 95.9 Å². The Morgan fingerprint density at radius 2 is 1.70 bits per heavy atom. The molecule has 0 saturated heterocycles. The van der Waals surface area contributed by atoms with Crippen LogP contribution < -0.4 is 5.32 Å². The van der Waals surface area contributed by atoms with Crippen molar-refractivity contribution in [2.24, 2.45) is 0 Å². The summed E-state index contributed by atoms with van der Waals surface area (Å²) < 4.78 is 4.78. The molecule has 3 N–H and O–H groups in total. The van der Waals surface area contributed by atoms with Gasteiger partial charge in [-0.25, -0.2) is 4.79 Å². The first kappa shape index (κ1) is 16.9. The number of halogens is 2. The second-order valence-corrected chi connectivity index (χ2v) is 5.36. The van der Waals surface area contributed by atoms with E-state index in [1.807, 2.05) is 0 Å². The first-order valence-electron chi connectivity index (χ1n) is 6.30. The molecule has 0 spiro atoms. The SMILES string of the molecule is O=C(COC(=O)c1ccc(O)cc1O)Nc1cc(Cl)cc(Cl)c1. The van der Waals surface area contributed by atoms with E-state index >= 15 is 0 Å². The number of ether oxygens (including phenoxy) is 1. The lowest BCUT2D eigenvalue weighted by Gasteiger charge is -2.08. The molecular weight excluding hydrogens is 345 g/mol. The summed E-state index contributed by atoms with van der Waals surface area (Å²) in [4.78, 5) is 23.5. The molecule has 8 heteroatoms. The summed E-state index contributed by atoms with van der Waals surface area (Å²) in [5.74, 6) is -2.15. The molecule has 0 saturated carbocycles. The van der Waals surface area contributed by atoms with Gasteiger partial charge in [0.2, 0.25) is 0 Å². The minimum Gasteiger partial charge on any atom is -0.508 e. The zero-order valence-corrected chi connectivity index (χ0v) is 13.1. The van der Waals surface area contributed by atoms with Crippen LogP contribution in [0.5, 0.6) is 11.5 Å². The Morgan fingerprint density at radius 1 is 1.04 bits per heavy atom. The van der Waals surface area contributed by atoms with Crippen LogP contribution in [-0.2, 0) is 9.53 Å². The standard InChI is InChI=1S/C15H11Cl2NO5/c16-8-3-9(17)5-10(4-8)18-14(21)7-23-15(22)12-2-1-11(19)6-13(12)20/h1-6,19-20H,7H2,(H,18,21). The van der Waals surface area contributed by atoms with Crippen LogP contribution >= 0.6 is 23.2 Å². The van der Waals surface area contributed by atoms with E-state index < -0.39 is 24.2 Å². The van der Waals surface area contributed by atoms with Crippen LogP contribution in [0.3, 0.4) is 0 Å². The van der Waals surface area contributed by atoms with E-state index in [9.17, 15) is 14.7 Å². The van der Waals surface area contributed by atoms with Crippen LogP contribution in [0.4, 0.5) is 5.69 Å². The number of hydrogen-bond acceptors (Lipinski definition) is 5. The number of benzene rings is 2. The summed E-state index contributed by atoms with van der Waals surface area (Å²) in [5.41, 5.74) is 0.192. The summed E-state index contributed by atoms with van der Waals surface area (Å²) in [6.45, 7) is -0.566. The normalized spacial score (nSPS) is 10.2. The molecule has 0 aromatic heterocycles. The average Bonchev–Trinajstić information content (AvgIpc) is 2.43. The first-order chi connectivity index (χ1) is 10.8. The summed E-state index contributed by atoms with van der Waals surface area (Å²) in [6, 6.07) is 7.86. The monoisotopic (exact) mass is 355 g/mol. The molecule has 0 radical (unpaired) electrons. The number of hydrogen-bond donors (Lipinski definition) is 3. The van der Waals surface area contributed by atoms with Gasteiger partial charge >= 0.3 is 5.97 Å². The highest BCUT2D eigenvalue weighted by Crippen LogP contribution is 2.24. The van der Waals surface area contributed by atoms with Gasteiger partial charge in [0, 0.05) is 21.8 Å². The number of phenols is 2. The number of nitrogens with one attached hydrogen (secondary N) is 1. The lowest BCUT2D eigenvalue weighted by molar-refractivity contribution is -0.119. The second-order valence-electron chi connectivity index (χ2n) is 4.48. The third kappa shape index (κ3) is 4.77. The fourth-order valence-electron chi connectivity index (χ4n) is 1.72. The molecule has 2 aromatic rings. The lowest BCUT2D eigenvalue weighted by Crippen LogP contribution is -2.21. The van der Waals surface area contributed by atoms with Crippen molar-refractivity contribution in [3.05, 3.63) is 52.0 Å². The summed E-state index contributed by atoms with van der Waals surface area (Å²) >= 11 is 11.6. The minimum atomic E-state index is -0.901. The molecule has 0 fully saturated rings. The van der Waals surface area contributed by atoms with Crippen molar-refractivity contribution < 1.29 is 24.5 Å². The number of anilines is 1. The number of phenolic OH excluding ortho intramolecular Hbond substituents is 2. The van der Waals surface area contributed by atoms with Gasteiger partial charge in [-0.1, -0.05) is 23.2 Å². The van der Waals surface area contributed by atoms with Gasteiger partial charge in [0.1, 0.15) is 17.1 Å². The van der Waals surface area contributed by atoms with Crippen LogP contribution in [0.1, 0.15) is 10.4 Å². The van der Waals surface area contributed by atoms with Gasteiger partial charge in [0.15, 0.2) is 6.61 Å². The van der Waals surface area contributed by atoms with Gasteiger partial charge in [-0.2, -0.15) is 0 Å². The molecule has 0 bridgehead atoms. The molecular formula is C15H11Cl2NO5. The highest BCUT2D eigenvalue weighted by molar-refractivity contribution is 6.35. The van der Waals surface area contributed by atoms with Gasteiger partial charge in [0.25, 0.3) is 5.91 Å². The third-order valence-corrected chi connectivity index (χ3v) is 3.12. The van der Waals surface area contributed by atoms with Gasteiger partial charge in [-0.3, -0.25) is 4.79 Å². The maximum absolute atomic E-state index is 11.8. The Labute approximate surface area is 141 Å². The predicted octanol–water partition coefficient (Wildman–Crippen LogP) is 3.20. The van der Waals surface area contributed by atoms with Crippen molar-refractivity contribution in [2.45, 2.75) is 0 Å². The molecule has 0 aliphatic carbocycles. The number of carbonyl (C=O) groups excluding carboxylic acids is 2. The number of esters is 1. The van der Waals surface area contributed by atoms with Crippen molar-refractivity contribution >= 4 is 40.8 Å². The van der Waals surface area contributed by atoms with Crippen molar-refractivity contribution in [2.75, 3.05) is 11.9 Å². The molecule has 23 heavy (non-hydrogen) atoms. The summed E-state index contributed by atoms with van der Waals surface area (Å²) in [7, 11) is 0. The fourth-order valence-corrected chi connectivity index (χ4v) is 2.25. The Morgan fingerprint density at radius 3 is 2.30 bits per heavy atom. The lowest BCUT2D eigenvalue weighted by atomic mass is 10.2. The summed E-state index contributed by atoms with van der Waals surface area (Å²) in [5, 5.41) is 21.8. The Kier molecular flexibility index (Phi) is 5.31. The van der Waals surface area contributed by atoms with E-state index in [-0.39, 0.29) is 11.3 Å². The zero-order chi connectivity index (χ0) is 17.0. The van der Waals surface area contributed by atoms with Crippen molar-refractivity contribution in [1.29, 1.82) is 0 Å². The van der Waals surface area contributed by atoms with Crippen molar-refractivity contribution in [1.82, 2.24) is 0 Å². The van der Waals surface area contributed by atoms with E-state index in [0.717, 1.165) is 6.07 Å². The van der Waals surface area contributed by atoms with E-state index in [1.165, 1.54) is 30.3 Å². The van der Waals surface area contributed by atoms with Gasteiger partial charge in [-0.15, -0.1) is 0 Å². The fraction of sp³-hybridized carbons (Fsp3) is 0.0667. The van der Waals surface area contributed by atoms with E-state index in [1.54, 1.807) is 0 Å². The van der Waals surface area contributed by atoms with Gasteiger partial charge in [0.05, 0.1) is 0 Å². The maximum atomic E-state index is 11.8. The Bertz CT molecular complexity index is 743. The number of amides is 1. The minimum absolute atomic E-state index is 0.165. The Hall–Kier alpha value is -2.44. The molecule has 120 valence electrons. The maximum Gasteiger partial charge on any atom is 0.342 e. The van der Waals surface area contributed by atoms with Crippen LogP contribution in [0.25, 0.3) is 0 Å². The Balaban J connectivity index is 1.94.